The number of nitrogens with zero attached hydrogens (tertiary/aromatic N) is 1. The summed E-state index contributed by atoms with van der Waals surface area (Å²) in [4.78, 5) is 52.6. The Hall–Kier alpha value is -7.15. The fourth-order valence-electron chi connectivity index (χ4n) is 6.23. The molecule has 0 spiro atoms. The number of hydrogen-bond acceptors (Lipinski definition) is 6. The van der Waals surface area contributed by atoms with Crippen molar-refractivity contribution in [3.63, 3.8) is 0 Å². The van der Waals surface area contributed by atoms with Gasteiger partial charge in [-0.05, 0) is 36.4 Å². The number of alkyl halides is 17. The number of imide groups is 1. The van der Waals surface area contributed by atoms with E-state index in [2.05, 4.69) is 10.6 Å². The molecular weight excluding hydrogens is 983 g/mol. The Kier molecular flexibility index (Phi) is 14.3. The number of carbonyl (C=O) groups excluding carboxylic acids is 4. The molecule has 5 aromatic rings. The molecule has 26 heteroatoms. The minimum absolute atomic E-state index is 0.0524. The van der Waals surface area contributed by atoms with E-state index in [4.69, 9.17) is 0 Å². The molecule has 2 N–H and O–H groups in total. The topological polar surface area (TPSA) is 95.6 Å². The third kappa shape index (κ3) is 10.0. The van der Waals surface area contributed by atoms with E-state index in [0.717, 1.165) is 0 Å². The number of rotatable bonds is 15. The minimum Gasteiger partial charge on any atom is -0.375 e. The van der Waals surface area contributed by atoms with Crippen molar-refractivity contribution < 1.29 is 103 Å². The molecule has 5 rings (SSSR count). The highest BCUT2D eigenvalue weighted by Gasteiger charge is 2.76. The third-order valence-electron chi connectivity index (χ3n) is 9.78. The number of nitrogens with one attached hydrogen (secondary N) is 2. The number of benzene rings is 5. The number of anilines is 3. The van der Waals surface area contributed by atoms with Gasteiger partial charge in [-0.15, -0.1) is 0 Å². The van der Waals surface area contributed by atoms with Crippen LogP contribution in [0.25, 0.3) is 0 Å². The van der Waals surface area contributed by atoms with Gasteiger partial charge in [0, 0.05) is 16.7 Å². The minimum atomic E-state index is -7.89. The van der Waals surface area contributed by atoms with Gasteiger partial charge in [0.05, 0.1) is 52.4 Å². The second-order valence-corrected chi connectivity index (χ2v) is 14.3. The van der Waals surface area contributed by atoms with E-state index in [1.54, 1.807) is 0 Å². The molecule has 0 atom stereocenters. The molecular formula is C43H24F19N3O4. The number of halogens is 19. The molecule has 69 heavy (non-hydrogen) atoms. The molecule has 0 aliphatic carbocycles. The van der Waals surface area contributed by atoms with Crippen molar-refractivity contribution in [2.75, 3.05) is 28.6 Å². The fraction of sp³-hybridized carbons (Fsp3) is 0.209. The van der Waals surface area contributed by atoms with Crippen molar-refractivity contribution in [3.8, 4) is 0 Å². The van der Waals surface area contributed by atoms with Crippen LogP contribution in [0.4, 0.5) is 100 Å². The van der Waals surface area contributed by atoms with Crippen molar-refractivity contribution >= 4 is 40.4 Å². The Balaban J connectivity index is 1.86. The van der Waals surface area contributed by atoms with Crippen molar-refractivity contribution in [2.45, 2.75) is 42.2 Å². The van der Waals surface area contributed by atoms with E-state index >= 15 is 39.5 Å². The summed E-state index contributed by atoms with van der Waals surface area (Å²) in [6, 6.07) is 12.6. The summed E-state index contributed by atoms with van der Waals surface area (Å²) in [5, 5.41) is 4.22. The van der Waals surface area contributed by atoms with Gasteiger partial charge in [-0.25, -0.2) is 13.7 Å². The summed E-state index contributed by atoms with van der Waals surface area (Å²) in [5.74, 6) is -42.2. The lowest BCUT2D eigenvalue weighted by Gasteiger charge is -2.35. The summed E-state index contributed by atoms with van der Waals surface area (Å²) in [7, 11) is 0. The number of ketones is 2. The van der Waals surface area contributed by atoms with Gasteiger partial charge in [0.25, 0.3) is 11.8 Å². The fourth-order valence-corrected chi connectivity index (χ4v) is 6.23. The zero-order chi connectivity index (χ0) is 51.9. The van der Waals surface area contributed by atoms with Crippen LogP contribution in [0, 0.1) is 11.6 Å². The smallest absolute Gasteiger partial charge is 0.375 e. The molecule has 0 aromatic heterocycles. The lowest BCUT2D eigenvalue weighted by atomic mass is 9.89. The monoisotopic (exact) mass is 1010 g/mol. The highest BCUT2D eigenvalue weighted by molar-refractivity contribution is 6.27. The van der Waals surface area contributed by atoms with Gasteiger partial charge < -0.3 is 10.6 Å². The summed E-state index contributed by atoms with van der Waals surface area (Å²) < 4.78 is 279. The maximum atomic E-state index is 16.3. The Bertz CT molecular complexity index is 2640. The van der Waals surface area contributed by atoms with Crippen LogP contribution in [0.5, 0.6) is 0 Å². The van der Waals surface area contributed by atoms with E-state index in [1.807, 2.05) is 0 Å². The predicted molar refractivity (Wildman–Crippen MR) is 204 cm³/mol. The number of hydrogen-bond donors (Lipinski definition) is 2. The van der Waals surface area contributed by atoms with Crippen molar-refractivity contribution in [2.24, 2.45) is 0 Å². The van der Waals surface area contributed by atoms with Gasteiger partial charge in [0.15, 0.2) is 23.2 Å². The lowest BCUT2D eigenvalue weighted by molar-refractivity contribution is -0.361. The first kappa shape index (κ1) is 52.8. The van der Waals surface area contributed by atoms with Crippen LogP contribution in [0.2, 0.25) is 0 Å². The Labute approximate surface area is 373 Å². The largest absolute Gasteiger partial charge is 0.460 e. The SMILES string of the molecule is O=C(CNc1cccc(C(=O)N(C(=O)c2cccc(NCC(=O)c3ccccc3)c2F)c2c(C(F)(F)F)cc(C(F)(F)C(F)(F)C(F)(F)F)cc2C(F)(F)C(F)(F)C(F)(F)F)c1F)c1ccccc1. The number of carbonyl (C=O) groups is 4. The van der Waals surface area contributed by atoms with Crippen LogP contribution < -0.4 is 15.5 Å². The predicted octanol–water partition coefficient (Wildman–Crippen LogP) is 12.6. The molecule has 0 unspecified atom stereocenters. The first-order chi connectivity index (χ1) is 31.7. The summed E-state index contributed by atoms with van der Waals surface area (Å²) in [6.07, 6.45) is -22.2. The molecule has 0 radical (unpaired) electrons. The summed E-state index contributed by atoms with van der Waals surface area (Å²) >= 11 is 0. The molecule has 5 aromatic carbocycles. The molecule has 0 bridgehead atoms. The number of amides is 2. The standard InChI is InChI=1S/C43H24F19N3O4/c44-32-24(13-7-15-28(32)63-19-30(66)21-9-3-1-4-10-21)35(68)65(36(69)25-14-8-16-29(33(25)45)64-20-31(67)22-11-5-2-6-12-22)34-26(38(48,49)41(55,56)43(60,61)62)17-23(18-27(34)39(50,51)52)37(46,47)40(53,54)42(57,58)59/h1-18,63-64H,19-20H2. The van der Waals surface area contributed by atoms with Crippen LogP contribution >= 0.6 is 0 Å². The van der Waals surface area contributed by atoms with Gasteiger partial charge >= 0.3 is 42.2 Å². The van der Waals surface area contributed by atoms with Crippen LogP contribution in [-0.2, 0) is 18.0 Å². The van der Waals surface area contributed by atoms with Gasteiger partial charge in [0.1, 0.15) is 0 Å². The second-order valence-electron chi connectivity index (χ2n) is 14.3. The lowest BCUT2D eigenvalue weighted by Crippen LogP contribution is -2.52. The van der Waals surface area contributed by atoms with Crippen molar-refractivity contribution in [3.05, 3.63) is 160 Å². The van der Waals surface area contributed by atoms with Crippen LogP contribution in [0.1, 0.15) is 58.1 Å². The molecule has 0 saturated carbocycles. The maximum absolute atomic E-state index is 16.3. The van der Waals surface area contributed by atoms with Crippen molar-refractivity contribution in [1.82, 2.24) is 0 Å². The van der Waals surface area contributed by atoms with Crippen LogP contribution in [0.3, 0.4) is 0 Å². The molecule has 0 aliphatic heterocycles. The molecule has 0 heterocycles. The van der Waals surface area contributed by atoms with E-state index < -0.39 is 152 Å². The average Bonchev–Trinajstić information content (AvgIpc) is 3.27. The first-order valence-corrected chi connectivity index (χ1v) is 18.7. The highest BCUT2D eigenvalue weighted by atomic mass is 19.4. The molecule has 0 aliphatic rings. The van der Waals surface area contributed by atoms with Crippen LogP contribution in [-0.4, -0.2) is 60.7 Å². The average molecular weight is 1010 g/mol. The van der Waals surface area contributed by atoms with Crippen LogP contribution in [0.15, 0.2) is 109 Å². The molecule has 7 nitrogen and oxygen atoms in total. The molecule has 0 saturated heterocycles. The van der Waals surface area contributed by atoms with E-state index in [0.29, 0.717) is 24.3 Å². The number of Topliss-reactive ketones (excluding diaryl/α,β-unsaturated/α-hetero) is 2. The summed E-state index contributed by atoms with van der Waals surface area (Å²) in [6.45, 7) is -1.84. The third-order valence-corrected chi connectivity index (χ3v) is 9.78. The van der Waals surface area contributed by atoms with E-state index in [9.17, 15) is 63.1 Å². The Morgan fingerprint density at radius 1 is 0.449 bits per heavy atom. The molecule has 2 amide bonds. The van der Waals surface area contributed by atoms with E-state index in [1.165, 1.54) is 60.7 Å². The zero-order valence-electron chi connectivity index (χ0n) is 33.6. The van der Waals surface area contributed by atoms with Crippen molar-refractivity contribution in [1.29, 1.82) is 0 Å². The normalized spacial score (nSPS) is 12.9. The van der Waals surface area contributed by atoms with E-state index in [-0.39, 0.29) is 23.3 Å². The highest BCUT2D eigenvalue weighted by Crippen LogP contribution is 2.59. The zero-order valence-corrected chi connectivity index (χ0v) is 33.6. The van der Waals surface area contributed by atoms with Gasteiger partial charge in [-0.2, -0.15) is 74.6 Å². The Morgan fingerprint density at radius 3 is 1.17 bits per heavy atom. The molecule has 0 fully saturated rings. The van der Waals surface area contributed by atoms with Gasteiger partial charge in [-0.3, -0.25) is 19.2 Å². The molecule has 368 valence electrons. The second kappa shape index (κ2) is 18.7. The maximum Gasteiger partial charge on any atom is 0.460 e. The Morgan fingerprint density at radius 2 is 0.812 bits per heavy atom. The van der Waals surface area contributed by atoms with Gasteiger partial charge in [0.2, 0.25) is 0 Å². The quantitative estimate of drug-likeness (QED) is 0.0616. The van der Waals surface area contributed by atoms with Gasteiger partial charge in [-0.1, -0.05) is 72.8 Å². The first-order valence-electron chi connectivity index (χ1n) is 18.7. The summed E-state index contributed by atoms with van der Waals surface area (Å²) in [5.41, 5.74) is -21.0.